The minimum Gasteiger partial charge on any atom is -0.751 e. The molecule has 0 aliphatic heterocycles. The number of hydrogen-bond acceptors (Lipinski definition) is 3. The molecule has 1 amide bonds. The number of anilines is 1. The maximum Gasteiger partial charge on any atom is 0.435 e. The molecule has 0 saturated carbocycles. The topological polar surface area (TPSA) is 56.3 Å². The normalized spacial score (nSPS) is 13.3. The van der Waals surface area contributed by atoms with Crippen LogP contribution < -0.4 is 5.06 Å². The lowest BCUT2D eigenvalue weighted by Crippen LogP contribution is -2.50. The lowest BCUT2D eigenvalue weighted by atomic mass is 9.91. The maximum atomic E-state index is 14.3. The summed E-state index contributed by atoms with van der Waals surface area (Å²) in [5.74, 6) is -1.70. The van der Waals surface area contributed by atoms with Gasteiger partial charge in [0, 0.05) is 22.7 Å². The first kappa shape index (κ1) is 26.5. The Hall–Kier alpha value is -3.13. The zero-order chi connectivity index (χ0) is 26.6. The third-order valence-electron chi connectivity index (χ3n) is 4.79. The quantitative estimate of drug-likeness (QED) is 0.261. The predicted molar refractivity (Wildman–Crippen MR) is 103 cm³/mol. The van der Waals surface area contributed by atoms with E-state index in [9.17, 15) is 53.9 Å². The second-order valence-electron chi connectivity index (χ2n) is 7.02. The minimum atomic E-state index is -6.75. The highest BCUT2D eigenvalue weighted by molar-refractivity contribution is 6.34. The summed E-state index contributed by atoms with van der Waals surface area (Å²) in [5, 5.41) is 10.4. The molecule has 0 unspecified atom stereocenters. The molecule has 0 saturated heterocycles. The number of nitrogens with zero attached hydrogens (tertiary/aromatic N) is 2. The summed E-state index contributed by atoms with van der Waals surface area (Å²) >= 11 is 5.46. The molecule has 0 bridgehead atoms. The summed E-state index contributed by atoms with van der Waals surface area (Å²) in [5.41, 5.74) is -13.5. The Morgan fingerprint density at radius 2 is 1.49 bits per heavy atom. The third-order valence-corrected chi connectivity index (χ3v) is 5.08. The van der Waals surface area contributed by atoms with Gasteiger partial charge in [0.15, 0.2) is 0 Å². The van der Waals surface area contributed by atoms with Crippen LogP contribution in [0.4, 0.5) is 49.6 Å². The van der Waals surface area contributed by atoms with Gasteiger partial charge in [-0.25, -0.2) is 4.39 Å². The van der Waals surface area contributed by atoms with E-state index in [-0.39, 0.29) is 5.52 Å². The standard InChI is InChI=1S/C20H8ClF10N2O2/c21-13-8-11(17(22,19(26,27)28)20(29,30)31)7-12(18(23,24)25)15(13)33(35)16(34)10-4-3-9-2-1-5-32-14(9)6-10/h1-8H/q-1. The van der Waals surface area contributed by atoms with Crippen LogP contribution >= 0.6 is 11.6 Å². The lowest BCUT2D eigenvalue weighted by molar-refractivity contribution is -0.348. The molecule has 188 valence electrons. The van der Waals surface area contributed by atoms with E-state index in [0.717, 1.165) is 12.1 Å². The van der Waals surface area contributed by atoms with Gasteiger partial charge in [-0.15, -0.1) is 0 Å². The number of aromatic nitrogens is 1. The van der Waals surface area contributed by atoms with E-state index in [4.69, 9.17) is 11.6 Å². The van der Waals surface area contributed by atoms with Crippen LogP contribution in [0.5, 0.6) is 0 Å². The van der Waals surface area contributed by atoms with Crippen LogP contribution in [-0.4, -0.2) is 23.2 Å². The maximum absolute atomic E-state index is 14.3. The van der Waals surface area contributed by atoms with Crippen molar-refractivity contribution in [3.05, 3.63) is 75.6 Å². The molecule has 3 aromatic rings. The molecule has 0 aliphatic carbocycles. The van der Waals surface area contributed by atoms with Crippen LogP contribution in [0.3, 0.4) is 0 Å². The molecule has 1 heterocycles. The van der Waals surface area contributed by atoms with Crippen molar-refractivity contribution in [2.45, 2.75) is 24.2 Å². The van der Waals surface area contributed by atoms with Crippen molar-refractivity contribution in [2.75, 3.05) is 5.06 Å². The summed E-state index contributed by atoms with van der Waals surface area (Å²) in [6.07, 6.45) is -18.0. The Morgan fingerprint density at radius 3 is 2.03 bits per heavy atom. The second kappa shape index (κ2) is 8.52. The Morgan fingerprint density at radius 1 is 0.886 bits per heavy atom. The molecule has 0 aliphatic rings. The van der Waals surface area contributed by atoms with Crippen molar-refractivity contribution >= 4 is 34.1 Å². The van der Waals surface area contributed by atoms with Gasteiger partial charge in [-0.2, -0.15) is 39.5 Å². The van der Waals surface area contributed by atoms with Gasteiger partial charge in [-0.1, -0.05) is 23.7 Å². The second-order valence-corrected chi connectivity index (χ2v) is 7.42. The molecule has 1 aromatic heterocycles. The van der Waals surface area contributed by atoms with Crippen molar-refractivity contribution in [3.8, 4) is 0 Å². The van der Waals surface area contributed by atoms with Gasteiger partial charge in [-0.3, -0.25) is 9.78 Å². The average molecular weight is 534 g/mol. The highest BCUT2D eigenvalue weighted by Gasteiger charge is 2.73. The number of hydroxylamine groups is 1. The summed E-state index contributed by atoms with van der Waals surface area (Å²) in [6.45, 7) is 0. The van der Waals surface area contributed by atoms with Crippen LogP contribution in [0.1, 0.15) is 21.5 Å². The molecule has 4 nitrogen and oxygen atoms in total. The largest absolute Gasteiger partial charge is 0.751 e. The van der Waals surface area contributed by atoms with Gasteiger partial charge in [0.2, 0.25) is 5.91 Å². The van der Waals surface area contributed by atoms with E-state index in [2.05, 4.69) is 4.98 Å². The number of pyridine rings is 1. The van der Waals surface area contributed by atoms with Gasteiger partial charge >= 0.3 is 24.2 Å². The van der Waals surface area contributed by atoms with Gasteiger partial charge < -0.3 is 10.3 Å². The van der Waals surface area contributed by atoms with E-state index in [1.165, 1.54) is 18.3 Å². The Bertz CT molecular complexity index is 1270. The van der Waals surface area contributed by atoms with Crippen LogP contribution in [0, 0.1) is 5.21 Å². The van der Waals surface area contributed by atoms with Crippen molar-refractivity contribution in [3.63, 3.8) is 0 Å². The zero-order valence-corrected chi connectivity index (χ0v) is 17.2. The fourth-order valence-corrected chi connectivity index (χ4v) is 3.42. The van der Waals surface area contributed by atoms with Crippen molar-refractivity contribution in [1.82, 2.24) is 4.98 Å². The summed E-state index contributed by atoms with van der Waals surface area (Å²) in [4.78, 5) is 16.4. The molecule has 3 rings (SSSR count). The summed E-state index contributed by atoms with van der Waals surface area (Å²) in [6, 6.07) is 5.09. The van der Waals surface area contributed by atoms with E-state index < -0.39 is 74.7 Å². The van der Waals surface area contributed by atoms with Crippen LogP contribution in [0.15, 0.2) is 48.7 Å². The molecular formula is C20H8ClF10N2O2-. The number of benzene rings is 2. The van der Waals surface area contributed by atoms with Crippen LogP contribution in [0.2, 0.25) is 5.02 Å². The molecule has 0 spiro atoms. The average Bonchev–Trinajstić information content (AvgIpc) is 2.74. The summed E-state index contributed by atoms with van der Waals surface area (Å²) < 4.78 is 133. The molecule has 15 heteroatoms. The first-order valence-corrected chi connectivity index (χ1v) is 9.37. The van der Waals surface area contributed by atoms with Crippen molar-refractivity contribution in [1.29, 1.82) is 0 Å². The number of amides is 1. The van der Waals surface area contributed by atoms with E-state index in [1.807, 2.05) is 0 Å². The Labute approximate surface area is 193 Å². The number of carbonyl (C=O) groups excluding carboxylic acids is 1. The monoisotopic (exact) mass is 533 g/mol. The number of alkyl halides is 10. The molecule has 0 N–H and O–H groups in total. The van der Waals surface area contributed by atoms with Crippen molar-refractivity contribution in [2.24, 2.45) is 0 Å². The highest BCUT2D eigenvalue weighted by Crippen LogP contribution is 2.55. The highest BCUT2D eigenvalue weighted by atomic mass is 35.5. The molecule has 2 aromatic carbocycles. The number of hydrogen-bond donors (Lipinski definition) is 0. The number of fused-ring (bicyclic) bond motifs is 1. The predicted octanol–water partition coefficient (Wildman–Crippen LogP) is 7.34. The van der Waals surface area contributed by atoms with E-state index in [0.29, 0.717) is 5.39 Å². The molecule has 0 radical (unpaired) electrons. The fraction of sp³-hybridized carbons (Fsp3) is 0.200. The summed E-state index contributed by atoms with van der Waals surface area (Å²) in [7, 11) is 0. The fourth-order valence-electron chi connectivity index (χ4n) is 3.13. The first-order valence-electron chi connectivity index (χ1n) is 8.99. The molecule has 0 atom stereocenters. The SMILES string of the molecule is O=C(c1ccc2cccnc2c1)N([O-])c1c(Cl)cc(C(F)(C(F)(F)F)C(F)(F)F)cc1C(F)(F)F. The number of halogens is 11. The van der Waals surface area contributed by atoms with E-state index >= 15 is 0 Å². The van der Waals surface area contributed by atoms with Gasteiger partial charge in [0.05, 0.1) is 21.8 Å². The first-order chi connectivity index (χ1) is 15.9. The Kier molecular flexibility index (Phi) is 6.44. The lowest BCUT2D eigenvalue weighted by Gasteiger charge is -2.35. The Balaban J connectivity index is 2.20. The van der Waals surface area contributed by atoms with Crippen LogP contribution in [0.25, 0.3) is 10.9 Å². The molecule has 35 heavy (non-hydrogen) atoms. The number of carbonyl (C=O) groups is 1. The van der Waals surface area contributed by atoms with Gasteiger partial charge in [-0.05, 0) is 30.3 Å². The van der Waals surface area contributed by atoms with Crippen molar-refractivity contribution < 1.29 is 48.7 Å². The van der Waals surface area contributed by atoms with E-state index in [1.54, 1.807) is 6.07 Å². The number of rotatable bonds is 3. The van der Waals surface area contributed by atoms with Crippen LogP contribution in [-0.2, 0) is 11.8 Å². The smallest absolute Gasteiger partial charge is 0.435 e. The van der Waals surface area contributed by atoms with Gasteiger partial charge in [0.1, 0.15) is 0 Å². The third kappa shape index (κ3) is 4.59. The zero-order valence-electron chi connectivity index (χ0n) is 16.5. The molecular weight excluding hydrogens is 526 g/mol. The molecule has 0 fully saturated rings. The van der Waals surface area contributed by atoms with Gasteiger partial charge in [0.25, 0.3) is 0 Å². The minimum absolute atomic E-state index is 0.141.